The van der Waals surface area contributed by atoms with Crippen LogP contribution in [0, 0.1) is 0 Å². The van der Waals surface area contributed by atoms with E-state index in [0.717, 1.165) is 22.0 Å². The van der Waals surface area contributed by atoms with E-state index in [4.69, 9.17) is 5.73 Å². The van der Waals surface area contributed by atoms with Crippen molar-refractivity contribution < 1.29 is 8.42 Å². The van der Waals surface area contributed by atoms with Crippen LogP contribution in [0.25, 0.3) is 22.0 Å². The number of benzene rings is 2. The van der Waals surface area contributed by atoms with Crippen LogP contribution in [0.5, 0.6) is 0 Å². The fourth-order valence-electron chi connectivity index (χ4n) is 2.20. The summed E-state index contributed by atoms with van der Waals surface area (Å²) in [5, 5.41) is 0.874. The molecule has 0 radical (unpaired) electrons. The van der Waals surface area contributed by atoms with Crippen LogP contribution in [0.1, 0.15) is 0 Å². The molecular weight excluding hydrogens is 286 g/mol. The van der Waals surface area contributed by atoms with Gasteiger partial charge in [0.25, 0.3) is 0 Å². The average molecular weight is 299 g/mol. The molecule has 2 N–H and O–H groups in total. The van der Waals surface area contributed by atoms with E-state index in [1.165, 1.54) is 6.26 Å². The van der Waals surface area contributed by atoms with Crippen LogP contribution in [0.15, 0.2) is 53.6 Å². The van der Waals surface area contributed by atoms with E-state index in [9.17, 15) is 8.42 Å². The van der Waals surface area contributed by atoms with Crippen LogP contribution in [0.2, 0.25) is 0 Å². The molecule has 0 bridgehead atoms. The van der Waals surface area contributed by atoms with Crippen molar-refractivity contribution in [3.63, 3.8) is 0 Å². The summed E-state index contributed by atoms with van der Waals surface area (Å²) < 4.78 is 23.0. The number of hydrogen-bond donors (Lipinski definition) is 1. The zero-order chi connectivity index (χ0) is 15.0. The lowest BCUT2D eigenvalue weighted by Crippen LogP contribution is -1.97. The first-order valence-corrected chi connectivity index (χ1v) is 8.16. The smallest absolute Gasteiger partial charge is 0.220 e. The van der Waals surface area contributed by atoms with Crippen molar-refractivity contribution in [3.05, 3.63) is 48.7 Å². The molecule has 0 fully saturated rings. The minimum atomic E-state index is -3.19. The Bertz CT molecular complexity index is 919. The normalized spacial score (nSPS) is 11.7. The number of anilines is 1. The fraction of sp³-hybridized carbons (Fsp3) is 0.0667. The lowest BCUT2D eigenvalue weighted by atomic mass is 10.0. The van der Waals surface area contributed by atoms with Gasteiger partial charge in [0.05, 0.1) is 10.4 Å². The van der Waals surface area contributed by atoms with Crippen LogP contribution in [0.4, 0.5) is 5.95 Å². The Labute approximate surface area is 122 Å². The number of sulfone groups is 1. The quantitative estimate of drug-likeness (QED) is 0.784. The number of rotatable bonds is 2. The average Bonchev–Trinajstić information content (AvgIpc) is 2.45. The first kappa shape index (κ1) is 13.5. The second kappa shape index (κ2) is 4.82. The minimum Gasteiger partial charge on any atom is -0.368 e. The molecule has 0 aliphatic carbocycles. The second-order valence-corrected chi connectivity index (χ2v) is 6.78. The molecule has 0 saturated carbocycles. The predicted octanol–water partition coefficient (Wildman–Crippen LogP) is 2.28. The zero-order valence-electron chi connectivity index (χ0n) is 11.3. The molecule has 2 aromatic carbocycles. The number of nitrogens with zero attached hydrogens (tertiary/aromatic N) is 2. The summed E-state index contributed by atoms with van der Waals surface area (Å²) in [4.78, 5) is 8.51. The van der Waals surface area contributed by atoms with Gasteiger partial charge in [0.15, 0.2) is 9.84 Å². The number of hydrogen-bond acceptors (Lipinski definition) is 5. The number of nitrogens with two attached hydrogens (primary N) is 1. The maximum absolute atomic E-state index is 11.5. The molecular formula is C15H13N3O2S. The van der Waals surface area contributed by atoms with Gasteiger partial charge in [0.2, 0.25) is 5.95 Å². The lowest BCUT2D eigenvalue weighted by Gasteiger charge is -2.07. The second-order valence-electron chi connectivity index (χ2n) is 4.76. The molecule has 106 valence electrons. The molecule has 3 aromatic rings. The van der Waals surface area contributed by atoms with Gasteiger partial charge in [-0.3, -0.25) is 0 Å². The van der Waals surface area contributed by atoms with Crippen LogP contribution in [0.3, 0.4) is 0 Å². The molecule has 1 aromatic heterocycles. The molecule has 3 rings (SSSR count). The van der Waals surface area contributed by atoms with Gasteiger partial charge in [-0.15, -0.1) is 0 Å². The van der Waals surface area contributed by atoms with Crippen molar-refractivity contribution in [1.29, 1.82) is 0 Å². The van der Waals surface area contributed by atoms with E-state index >= 15 is 0 Å². The largest absolute Gasteiger partial charge is 0.368 e. The van der Waals surface area contributed by atoms with E-state index in [0.29, 0.717) is 4.90 Å². The van der Waals surface area contributed by atoms with Gasteiger partial charge < -0.3 is 5.73 Å². The molecule has 6 heteroatoms. The molecule has 0 amide bonds. The van der Waals surface area contributed by atoms with Gasteiger partial charge in [0.1, 0.15) is 0 Å². The lowest BCUT2D eigenvalue weighted by molar-refractivity contribution is 0.602. The molecule has 0 spiro atoms. The summed E-state index contributed by atoms with van der Waals surface area (Å²) in [6.45, 7) is 0. The molecule has 1 heterocycles. The molecule has 21 heavy (non-hydrogen) atoms. The molecule has 0 unspecified atom stereocenters. The third-order valence-electron chi connectivity index (χ3n) is 3.24. The van der Waals surface area contributed by atoms with Crippen LogP contribution < -0.4 is 5.73 Å². The Balaban J connectivity index is 2.17. The van der Waals surface area contributed by atoms with E-state index in [1.807, 2.05) is 18.2 Å². The van der Waals surface area contributed by atoms with Crippen LogP contribution in [-0.2, 0) is 9.84 Å². The number of nitrogen functional groups attached to an aromatic ring is 1. The summed E-state index contributed by atoms with van der Waals surface area (Å²) in [5.41, 5.74) is 8.19. The Hall–Kier alpha value is -2.47. The van der Waals surface area contributed by atoms with Crippen molar-refractivity contribution in [2.45, 2.75) is 4.90 Å². The highest BCUT2D eigenvalue weighted by Gasteiger charge is 2.09. The Morgan fingerprint density at radius 1 is 1.05 bits per heavy atom. The van der Waals surface area contributed by atoms with Gasteiger partial charge in [-0.2, -0.15) is 0 Å². The Morgan fingerprint density at radius 3 is 2.43 bits per heavy atom. The third kappa shape index (κ3) is 2.57. The summed E-state index contributed by atoms with van der Waals surface area (Å²) >= 11 is 0. The van der Waals surface area contributed by atoms with E-state index in [2.05, 4.69) is 9.97 Å². The van der Waals surface area contributed by atoms with Crippen molar-refractivity contribution in [1.82, 2.24) is 9.97 Å². The van der Waals surface area contributed by atoms with Crippen molar-refractivity contribution in [2.75, 3.05) is 12.0 Å². The fourth-order valence-corrected chi connectivity index (χ4v) is 2.83. The maximum Gasteiger partial charge on any atom is 0.220 e. The SMILES string of the molecule is CS(=O)(=O)c1ccc(-c2cccc3nc(N)ncc23)cc1. The van der Waals surface area contributed by atoms with Gasteiger partial charge in [-0.25, -0.2) is 18.4 Å². The summed E-state index contributed by atoms with van der Waals surface area (Å²) in [6.07, 6.45) is 2.87. The van der Waals surface area contributed by atoms with E-state index in [-0.39, 0.29) is 5.95 Å². The van der Waals surface area contributed by atoms with Gasteiger partial charge in [-0.1, -0.05) is 24.3 Å². The predicted molar refractivity (Wildman–Crippen MR) is 82.5 cm³/mol. The highest BCUT2D eigenvalue weighted by molar-refractivity contribution is 7.90. The maximum atomic E-state index is 11.5. The van der Waals surface area contributed by atoms with Crippen LogP contribution in [-0.4, -0.2) is 24.6 Å². The van der Waals surface area contributed by atoms with Crippen LogP contribution >= 0.6 is 0 Å². The Kier molecular flexibility index (Phi) is 3.10. The Morgan fingerprint density at radius 2 is 1.76 bits per heavy atom. The zero-order valence-corrected chi connectivity index (χ0v) is 12.1. The molecule has 0 atom stereocenters. The molecule has 0 aliphatic heterocycles. The van der Waals surface area contributed by atoms with Crippen molar-refractivity contribution in [2.24, 2.45) is 0 Å². The van der Waals surface area contributed by atoms with Gasteiger partial charge >= 0.3 is 0 Å². The summed E-state index contributed by atoms with van der Waals surface area (Å²) in [7, 11) is -3.19. The monoisotopic (exact) mass is 299 g/mol. The topological polar surface area (TPSA) is 85.9 Å². The highest BCUT2D eigenvalue weighted by Crippen LogP contribution is 2.28. The molecule has 0 saturated heterocycles. The van der Waals surface area contributed by atoms with Crippen molar-refractivity contribution in [3.8, 4) is 11.1 Å². The third-order valence-corrected chi connectivity index (χ3v) is 4.37. The number of fused-ring (bicyclic) bond motifs is 1. The van der Waals surface area contributed by atoms with Gasteiger partial charge in [0, 0.05) is 17.8 Å². The number of aromatic nitrogens is 2. The highest BCUT2D eigenvalue weighted by atomic mass is 32.2. The molecule has 5 nitrogen and oxygen atoms in total. The van der Waals surface area contributed by atoms with Gasteiger partial charge in [-0.05, 0) is 29.3 Å². The van der Waals surface area contributed by atoms with E-state index < -0.39 is 9.84 Å². The first-order chi connectivity index (χ1) is 9.95. The minimum absolute atomic E-state index is 0.229. The first-order valence-electron chi connectivity index (χ1n) is 6.27. The van der Waals surface area contributed by atoms with Crippen molar-refractivity contribution >= 4 is 26.7 Å². The molecule has 0 aliphatic rings. The summed E-state index contributed by atoms with van der Waals surface area (Å²) in [6, 6.07) is 12.4. The summed E-state index contributed by atoms with van der Waals surface area (Å²) in [5.74, 6) is 0.229. The standard InChI is InChI=1S/C15H13N3O2S/c1-21(19,20)11-7-5-10(6-8-11)12-3-2-4-14-13(12)9-17-15(16)18-14/h2-9H,1H3,(H2,16,17,18). The van der Waals surface area contributed by atoms with E-state index in [1.54, 1.807) is 30.5 Å².